The molecule has 2 atom stereocenters. The average Bonchev–Trinajstić information content (AvgIpc) is 3.59. The number of amides is 3. The molecule has 14 heteroatoms. The Morgan fingerprint density at radius 3 is 2.64 bits per heavy atom. The van der Waals surface area contributed by atoms with E-state index in [9.17, 15) is 14.0 Å². The Morgan fingerprint density at radius 2 is 1.93 bits per heavy atom. The van der Waals surface area contributed by atoms with Gasteiger partial charge >= 0.3 is 6.03 Å². The zero-order chi connectivity index (χ0) is 31.2. The Labute approximate surface area is 253 Å². The lowest BCUT2D eigenvalue weighted by molar-refractivity contribution is -0.154. The van der Waals surface area contributed by atoms with E-state index in [0.29, 0.717) is 53.6 Å². The number of carbonyl (C=O) groups excluding carboxylic acids is 2. The number of anilines is 1. The van der Waals surface area contributed by atoms with Crippen molar-refractivity contribution < 1.29 is 28.3 Å². The molecule has 0 radical (unpaired) electrons. The summed E-state index contributed by atoms with van der Waals surface area (Å²) in [6, 6.07) is 12.8. The Kier molecular flexibility index (Phi) is 9.43. The van der Waals surface area contributed by atoms with Crippen molar-refractivity contribution in [1.29, 1.82) is 0 Å². The summed E-state index contributed by atoms with van der Waals surface area (Å²) in [5.74, 6) is -0.432. The summed E-state index contributed by atoms with van der Waals surface area (Å²) in [6.07, 6.45) is 2.26. The summed E-state index contributed by atoms with van der Waals surface area (Å²) in [6.45, 7) is 3.02. The smallest absolute Gasteiger partial charge is 0.320 e. The Morgan fingerprint density at radius 1 is 1.14 bits per heavy atom. The number of hydrogen-bond donors (Lipinski definition) is 3. The van der Waals surface area contributed by atoms with E-state index >= 15 is 0 Å². The number of pyridine rings is 2. The number of aromatic nitrogens is 4. The molecule has 1 aliphatic rings. The van der Waals surface area contributed by atoms with Crippen LogP contribution in [0.3, 0.4) is 0 Å². The van der Waals surface area contributed by atoms with Crippen LogP contribution in [0.25, 0.3) is 16.9 Å². The maximum atomic E-state index is 14.0. The van der Waals surface area contributed by atoms with E-state index in [-0.39, 0.29) is 17.4 Å². The molecule has 3 aromatic heterocycles. The Hall–Kier alpha value is -4.92. The third kappa shape index (κ3) is 6.51. The molecule has 3 amide bonds. The van der Waals surface area contributed by atoms with Crippen LogP contribution in [-0.2, 0) is 9.57 Å². The number of ether oxygens (including phenoxy) is 2. The monoisotopic (exact) mass is 604 g/mol. The number of hydroxylamine groups is 2. The van der Waals surface area contributed by atoms with E-state index in [1.165, 1.54) is 26.4 Å². The molecule has 44 heavy (non-hydrogen) atoms. The van der Waals surface area contributed by atoms with Crippen molar-refractivity contribution in [3.63, 3.8) is 0 Å². The second kappa shape index (κ2) is 13.6. The molecule has 4 aromatic rings. The minimum Gasteiger partial charge on any atom is -0.480 e. The number of para-hydroxylation sites is 1. The number of rotatable bonds is 10. The van der Waals surface area contributed by atoms with Crippen molar-refractivity contribution >= 4 is 17.8 Å². The fourth-order valence-electron chi connectivity index (χ4n) is 4.96. The summed E-state index contributed by atoms with van der Waals surface area (Å²) in [5, 5.41) is 15.0. The highest BCUT2D eigenvalue weighted by Gasteiger charge is 2.37. The largest absolute Gasteiger partial charge is 0.480 e. The molecule has 0 saturated carbocycles. The predicted molar refractivity (Wildman–Crippen MR) is 159 cm³/mol. The van der Waals surface area contributed by atoms with Crippen LogP contribution in [0, 0.1) is 12.9 Å². The number of hydrogen-bond acceptors (Lipinski definition) is 9. The van der Waals surface area contributed by atoms with E-state index in [4.69, 9.17) is 19.4 Å². The zero-order valence-corrected chi connectivity index (χ0v) is 24.7. The third-order valence-electron chi connectivity index (χ3n) is 7.11. The minimum absolute atomic E-state index is 0.174. The van der Waals surface area contributed by atoms with Crippen LogP contribution in [0.4, 0.5) is 15.0 Å². The summed E-state index contributed by atoms with van der Waals surface area (Å²) < 4.78 is 26.0. The van der Waals surface area contributed by atoms with Gasteiger partial charge in [-0.15, -0.1) is 0 Å². The number of halogens is 1. The highest BCUT2D eigenvalue weighted by atomic mass is 19.1. The standard InChI is InChI=1S/C30H33FN8O5/c1-18-25(20-14-22(28(40)32-2)29(43-4)34-16-20)37-39(21-8-6-5-7-9-21)27(18)36-30(41)35-23-17-38(12-13-42-3)44-26(23)19-10-11-33-24(31)15-19/h5-11,14-16,23,26H,12-13,17H2,1-4H3,(H,32,40)(H2,35,36,41)/t23-,26+/m1/s1. The summed E-state index contributed by atoms with van der Waals surface area (Å²) in [4.78, 5) is 40.1. The molecule has 13 nitrogen and oxygen atoms in total. The maximum Gasteiger partial charge on any atom is 0.320 e. The lowest BCUT2D eigenvalue weighted by atomic mass is 10.0. The molecule has 230 valence electrons. The second-order valence-electron chi connectivity index (χ2n) is 9.95. The topological polar surface area (TPSA) is 145 Å². The van der Waals surface area contributed by atoms with Gasteiger partial charge < -0.3 is 20.1 Å². The van der Waals surface area contributed by atoms with Gasteiger partial charge in [0.2, 0.25) is 11.8 Å². The van der Waals surface area contributed by atoms with E-state index in [1.54, 1.807) is 35.2 Å². The first-order valence-electron chi connectivity index (χ1n) is 13.8. The number of nitrogens with one attached hydrogen (secondary N) is 3. The van der Waals surface area contributed by atoms with E-state index in [2.05, 4.69) is 25.9 Å². The van der Waals surface area contributed by atoms with Crippen molar-refractivity contribution in [2.24, 2.45) is 0 Å². The molecular formula is C30H33FN8O5. The van der Waals surface area contributed by atoms with Crippen LogP contribution in [0.5, 0.6) is 5.88 Å². The van der Waals surface area contributed by atoms with E-state index in [1.807, 2.05) is 37.3 Å². The van der Waals surface area contributed by atoms with Gasteiger partial charge in [-0.05, 0) is 42.8 Å². The van der Waals surface area contributed by atoms with Gasteiger partial charge in [-0.2, -0.15) is 14.6 Å². The predicted octanol–water partition coefficient (Wildman–Crippen LogP) is 3.27. The van der Waals surface area contributed by atoms with E-state index in [0.717, 1.165) is 0 Å². The van der Waals surface area contributed by atoms with Gasteiger partial charge in [0, 0.05) is 50.8 Å². The van der Waals surface area contributed by atoms with Gasteiger partial charge in [-0.25, -0.2) is 19.4 Å². The minimum atomic E-state index is -0.653. The van der Waals surface area contributed by atoms with Gasteiger partial charge in [-0.3, -0.25) is 14.9 Å². The number of methoxy groups -OCH3 is 2. The van der Waals surface area contributed by atoms with Crippen LogP contribution in [0.15, 0.2) is 60.9 Å². The Balaban J connectivity index is 1.46. The molecule has 1 fully saturated rings. The van der Waals surface area contributed by atoms with Gasteiger partial charge in [0.15, 0.2) is 0 Å². The van der Waals surface area contributed by atoms with Crippen molar-refractivity contribution in [2.75, 3.05) is 46.3 Å². The van der Waals surface area contributed by atoms with Gasteiger partial charge in [0.1, 0.15) is 17.5 Å². The lowest BCUT2D eigenvalue weighted by Gasteiger charge is -2.19. The van der Waals surface area contributed by atoms with Crippen molar-refractivity contribution in [2.45, 2.75) is 19.1 Å². The zero-order valence-electron chi connectivity index (χ0n) is 24.7. The molecule has 0 aliphatic carbocycles. The summed E-state index contributed by atoms with van der Waals surface area (Å²) in [7, 11) is 4.54. The number of urea groups is 1. The Bertz CT molecular complexity index is 1630. The van der Waals surface area contributed by atoms with Crippen LogP contribution >= 0.6 is 0 Å². The summed E-state index contributed by atoms with van der Waals surface area (Å²) in [5.41, 5.74) is 3.17. The van der Waals surface area contributed by atoms with Crippen molar-refractivity contribution in [3.05, 3.63) is 83.6 Å². The molecule has 1 saturated heterocycles. The van der Waals surface area contributed by atoms with Gasteiger partial charge in [-0.1, -0.05) is 18.2 Å². The van der Waals surface area contributed by atoms with Gasteiger partial charge in [0.05, 0.1) is 31.1 Å². The highest BCUT2D eigenvalue weighted by molar-refractivity contribution is 5.97. The van der Waals surface area contributed by atoms with Crippen molar-refractivity contribution in [3.8, 4) is 22.8 Å². The quantitative estimate of drug-likeness (QED) is 0.232. The molecule has 0 unspecified atom stereocenters. The molecule has 0 bridgehead atoms. The molecule has 4 heterocycles. The molecule has 0 spiro atoms. The van der Waals surface area contributed by atoms with Crippen LogP contribution in [0.2, 0.25) is 0 Å². The highest BCUT2D eigenvalue weighted by Crippen LogP contribution is 2.33. The molecule has 1 aliphatic heterocycles. The summed E-state index contributed by atoms with van der Waals surface area (Å²) >= 11 is 0. The SMILES string of the molecule is CNC(=O)c1cc(-c2nn(-c3ccccc3)c(NC(=O)N[C@@H]3CN(CCOC)O[C@H]3c3ccnc(F)c3)c2C)cnc1OC. The fourth-order valence-corrected chi connectivity index (χ4v) is 4.96. The lowest BCUT2D eigenvalue weighted by Crippen LogP contribution is -2.42. The number of benzene rings is 1. The maximum absolute atomic E-state index is 14.0. The molecular weight excluding hydrogens is 571 g/mol. The van der Waals surface area contributed by atoms with Crippen molar-refractivity contribution in [1.82, 2.24) is 35.4 Å². The third-order valence-corrected chi connectivity index (χ3v) is 7.11. The fraction of sp³-hybridized carbons (Fsp3) is 0.300. The number of nitrogens with zero attached hydrogens (tertiary/aromatic N) is 5. The first-order chi connectivity index (χ1) is 21.3. The molecule has 5 rings (SSSR count). The average molecular weight is 605 g/mol. The van der Waals surface area contributed by atoms with Crippen LogP contribution in [-0.4, -0.2) is 83.8 Å². The number of carbonyl (C=O) groups is 2. The van der Waals surface area contributed by atoms with Gasteiger partial charge in [0.25, 0.3) is 5.91 Å². The molecule has 1 aromatic carbocycles. The van der Waals surface area contributed by atoms with Crippen LogP contribution in [0.1, 0.15) is 27.6 Å². The normalized spacial score (nSPS) is 16.5. The molecule has 3 N–H and O–H groups in total. The first-order valence-corrected chi connectivity index (χ1v) is 13.8. The van der Waals surface area contributed by atoms with Crippen LogP contribution < -0.4 is 20.7 Å². The first kappa shape index (κ1) is 30.5. The van der Waals surface area contributed by atoms with E-state index < -0.39 is 24.1 Å². The second-order valence-corrected chi connectivity index (χ2v) is 9.95.